The van der Waals surface area contributed by atoms with E-state index in [1.54, 1.807) is 0 Å². The van der Waals surface area contributed by atoms with Gasteiger partial charge in [0.2, 0.25) is 0 Å². The van der Waals surface area contributed by atoms with Crippen LogP contribution in [0.15, 0.2) is 24.3 Å². The van der Waals surface area contributed by atoms with Gasteiger partial charge in [0, 0.05) is 0 Å². The number of rotatable bonds is 2. The Morgan fingerprint density at radius 3 is 2.27 bits per heavy atom. The van der Waals surface area contributed by atoms with Gasteiger partial charge in [-0.25, -0.2) is 8.78 Å². The molecule has 0 aliphatic carbocycles. The third-order valence-corrected chi connectivity index (χ3v) is 1.40. The lowest BCUT2D eigenvalue weighted by Crippen LogP contribution is -1.98. The van der Waals surface area contributed by atoms with Crippen LogP contribution < -0.4 is 0 Å². The molecule has 0 aromatic heterocycles. The van der Waals surface area contributed by atoms with Gasteiger partial charge in [-0.3, -0.25) is 0 Å². The van der Waals surface area contributed by atoms with Crippen molar-refractivity contribution in [2.75, 3.05) is 6.67 Å². The number of aliphatic hydroxyl groups is 1. The monoisotopic (exact) mass is 158 g/mol. The Bertz CT molecular complexity index is 220. The summed E-state index contributed by atoms with van der Waals surface area (Å²) < 4.78 is 24.1. The van der Waals surface area contributed by atoms with Crippen LogP contribution in [0, 0.1) is 5.82 Å². The fourth-order valence-electron chi connectivity index (χ4n) is 0.774. The van der Waals surface area contributed by atoms with Gasteiger partial charge in [0.25, 0.3) is 0 Å². The van der Waals surface area contributed by atoms with E-state index in [1.165, 1.54) is 24.3 Å². The van der Waals surface area contributed by atoms with Gasteiger partial charge in [0.05, 0.1) is 0 Å². The maximum atomic E-state index is 12.3. The van der Waals surface area contributed by atoms with Crippen LogP contribution in [0.4, 0.5) is 8.78 Å². The number of benzene rings is 1. The Kier molecular flexibility index (Phi) is 2.54. The highest BCUT2D eigenvalue weighted by atomic mass is 19.1. The van der Waals surface area contributed by atoms with Crippen LogP contribution in [0.2, 0.25) is 0 Å². The molecule has 1 nitrogen and oxygen atoms in total. The zero-order valence-corrected chi connectivity index (χ0v) is 5.80. The Hall–Kier alpha value is -0.960. The number of halogens is 2. The van der Waals surface area contributed by atoms with E-state index in [4.69, 9.17) is 5.11 Å². The average molecular weight is 158 g/mol. The third-order valence-electron chi connectivity index (χ3n) is 1.40. The molecule has 0 bridgehead atoms. The summed E-state index contributed by atoms with van der Waals surface area (Å²) >= 11 is 0. The summed E-state index contributed by atoms with van der Waals surface area (Å²) in [5.74, 6) is -0.389. The van der Waals surface area contributed by atoms with Crippen LogP contribution in [0.3, 0.4) is 0 Å². The SMILES string of the molecule is O[C@H](CF)c1ccc(F)cc1. The first kappa shape index (κ1) is 8.14. The molecule has 0 spiro atoms. The number of aliphatic hydroxyl groups excluding tert-OH is 1. The van der Waals surface area contributed by atoms with Gasteiger partial charge in [-0.1, -0.05) is 12.1 Å². The van der Waals surface area contributed by atoms with E-state index in [1.807, 2.05) is 0 Å². The van der Waals surface area contributed by atoms with E-state index in [0.29, 0.717) is 5.56 Å². The van der Waals surface area contributed by atoms with Crippen LogP contribution in [0.1, 0.15) is 11.7 Å². The Labute approximate surface area is 63.3 Å². The van der Waals surface area contributed by atoms with Gasteiger partial charge in [0.15, 0.2) is 0 Å². The molecular formula is C8H8F2O. The van der Waals surface area contributed by atoms with Crippen molar-refractivity contribution >= 4 is 0 Å². The number of hydrogen-bond acceptors (Lipinski definition) is 1. The van der Waals surface area contributed by atoms with Crippen LogP contribution in [-0.2, 0) is 0 Å². The van der Waals surface area contributed by atoms with Gasteiger partial charge < -0.3 is 5.11 Å². The van der Waals surface area contributed by atoms with E-state index < -0.39 is 12.8 Å². The fourth-order valence-corrected chi connectivity index (χ4v) is 0.774. The zero-order chi connectivity index (χ0) is 8.27. The highest BCUT2D eigenvalue weighted by Crippen LogP contribution is 2.12. The molecule has 0 saturated carbocycles. The van der Waals surface area contributed by atoms with Gasteiger partial charge in [-0.2, -0.15) is 0 Å². The maximum absolute atomic E-state index is 12.3. The summed E-state index contributed by atoms with van der Waals surface area (Å²) in [5.41, 5.74) is 0.397. The predicted molar refractivity (Wildman–Crippen MR) is 37.3 cm³/mol. The normalized spacial score (nSPS) is 13.0. The van der Waals surface area contributed by atoms with Crippen molar-refractivity contribution in [2.24, 2.45) is 0 Å². The van der Waals surface area contributed by atoms with Crippen LogP contribution >= 0.6 is 0 Å². The van der Waals surface area contributed by atoms with Crippen molar-refractivity contribution in [3.05, 3.63) is 35.6 Å². The average Bonchev–Trinajstić information content (AvgIpc) is 2.05. The van der Waals surface area contributed by atoms with E-state index in [0.717, 1.165) is 0 Å². The second-order valence-corrected chi connectivity index (χ2v) is 2.22. The molecule has 1 aromatic carbocycles. The van der Waals surface area contributed by atoms with Gasteiger partial charge in [0.1, 0.15) is 18.6 Å². The first-order chi connectivity index (χ1) is 5.24. The summed E-state index contributed by atoms with van der Waals surface area (Å²) in [7, 11) is 0. The van der Waals surface area contributed by atoms with Crippen molar-refractivity contribution < 1.29 is 13.9 Å². The zero-order valence-electron chi connectivity index (χ0n) is 5.80. The molecular weight excluding hydrogens is 150 g/mol. The molecule has 0 aliphatic rings. The van der Waals surface area contributed by atoms with E-state index >= 15 is 0 Å². The van der Waals surface area contributed by atoms with Crippen molar-refractivity contribution in [2.45, 2.75) is 6.10 Å². The van der Waals surface area contributed by atoms with Crippen molar-refractivity contribution in [1.29, 1.82) is 0 Å². The molecule has 0 fully saturated rings. The molecule has 1 atom stereocenters. The Balaban J connectivity index is 2.81. The molecule has 1 N–H and O–H groups in total. The molecule has 1 rings (SSSR count). The van der Waals surface area contributed by atoms with Crippen LogP contribution in [0.5, 0.6) is 0 Å². The fraction of sp³-hybridized carbons (Fsp3) is 0.250. The minimum absolute atomic E-state index is 0.389. The third kappa shape index (κ3) is 1.98. The number of alkyl halides is 1. The van der Waals surface area contributed by atoms with Crippen molar-refractivity contribution in [3.63, 3.8) is 0 Å². The molecule has 0 unspecified atom stereocenters. The molecule has 0 saturated heterocycles. The summed E-state index contributed by atoms with van der Waals surface area (Å²) in [4.78, 5) is 0. The molecule has 0 aliphatic heterocycles. The quantitative estimate of drug-likeness (QED) is 0.696. The highest BCUT2D eigenvalue weighted by Gasteiger charge is 2.05. The van der Waals surface area contributed by atoms with Gasteiger partial charge in [-0.05, 0) is 17.7 Å². The minimum atomic E-state index is -1.13. The Morgan fingerprint density at radius 1 is 1.27 bits per heavy atom. The van der Waals surface area contributed by atoms with Gasteiger partial charge in [-0.15, -0.1) is 0 Å². The molecule has 0 heterocycles. The lowest BCUT2D eigenvalue weighted by molar-refractivity contribution is 0.141. The second kappa shape index (κ2) is 3.44. The van der Waals surface area contributed by atoms with Crippen molar-refractivity contribution in [1.82, 2.24) is 0 Å². The largest absolute Gasteiger partial charge is 0.386 e. The smallest absolute Gasteiger partial charge is 0.123 e. The van der Waals surface area contributed by atoms with Crippen LogP contribution in [0.25, 0.3) is 0 Å². The lowest BCUT2D eigenvalue weighted by atomic mass is 10.1. The lowest BCUT2D eigenvalue weighted by Gasteiger charge is -2.04. The first-order valence-electron chi connectivity index (χ1n) is 3.23. The summed E-state index contributed by atoms with van der Waals surface area (Å²) in [6.45, 7) is -0.842. The summed E-state index contributed by atoms with van der Waals surface area (Å²) in [6.07, 6.45) is -1.13. The van der Waals surface area contributed by atoms with E-state index in [2.05, 4.69) is 0 Å². The molecule has 60 valence electrons. The van der Waals surface area contributed by atoms with E-state index in [-0.39, 0.29) is 5.82 Å². The molecule has 11 heavy (non-hydrogen) atoms. The molecule has 0 radical (unpaired) electrons. The molecule has 1 aromatic rings. The van der Waals surface area contributed by atoms with E-state index in [9.17, 15) is 8.78 Å². The van der Waals surface area contributed by atoms with Crippen LogP contribution in [-0.4, -0.2) is 11.8 Å². The standard InChI is InChI=1S/C8H8F2O/c9-5-8(11)6-1-3-7(10)4-2-6/h1-4,8,11H,5H2/t8-/m1/s1. The second-order valence-electron chi connectivity index (χ2n) is 2.22. The minimum Gasteiger partial charge on any atom is -0.386 e. The number of hydrogen-bond donors (Lipinski definition) is 1. The molecule has 3 heteroatoms. The topological polar surface area (TPSA) is 20.2 Å². The highest BCUT2D eigenvalue weighted by molar-refractivity contribution is 5.18. The first-order valence-corrected chi connectivity index (χ1v) is 3.23. The Morgan fingerprint density at radius 2 is 1.82 bits per heavy atom. The van der Waals surface area contributed by atoms with Crippen molar-refractivity contribution in [3.8, 4) is 0 Å². The summed E-state index contributed by atoms with van der Waals surface area (Å²) in [5, 5.41) is 8.92. The maximum Gasteiger partial charge on any atom is 0.123 e. The summed E-state index contributed by atoms with van der Waals surface area (Å²) in [6, 6.07) is 5.10. The predicted octanol–water partition coefficient (Wildman–Crippen LogP) is 1.83. The van der Waals surface area contributed by atoms with Gasteiger partial charge >= 0.3 is 0 Å². The molecule has 0 amide bonds.